The molecule has 38 heavy (non-hydrogen) atoms. The van der Waals surface area contributed by atoms with Crippen LogP contribution in [0.4, 0.5) is 26.3 Å². The first kappa shape index (κ1) is 33.5. The number of halogens is 6. The molecule has 2 N–H and O–H groups in total. The minimum Gasteiger partial charge on any atom is -0.475 e. The molecule has 1 aromatic heterocycles. The largest absolute Gasteiger partial charge is 0.490 e. The summed E-state index contributed by atoms with van der Waals surface area (Å²) in [7, 11) is 1.51. The lowest BCUT2D eigenvalue weighted by molar-refractivity contribution is -0.193. The van der Waals surface area contributed by atoms with Crippen molar-refractivity contribution in [1.29, 1.82) is 0 Å². The van der Waals surface area contributed by atoms with Gasteiger partial charge in [0.25, 0.3) is 10.2 Å². The highest BCUT2D eigenvalue weighted by Gasteiger charge is 2.48. The van der Waals surface area contributed by atoms with Crippen LogP contribution in [0.25, 0.3) is 0 Å². The van der Waals surface area contributed by atoms with Crippen LogP contribution < -0.4 is 0 Å². The lowest BCUT2D eigenvalue weighted by Crippen LogP contribution is -2.56. The van der Waals surface area contributed by atoms with Crippen LogP contribution in [-0.2, 0) is 31.1 Å². The van der Waals surface area contributed by atoms with Gasteiger partial charge in [0.05, 0.1) is 6.10 Å². The summed E-state index contributed by atoms with van der Waals surface area (Å²) < 4.78 is 97.4. The molecule has 18 heteroatoms. The van der Waals surface area contributed by atoms with Crippen LogP contribution in [0.1, 0.15) is 12.0 Å². The number of rotatable bonds is 5. The van der Waals surface area contributed by atoms with E-state index >= 15 is 0 Å². The first-order valence-corrected chi connectivity index (χ1v) is 12.2. The number of methoxy groups -OCH3 is 1. The van der Waals surface area contributed by atoms with E-state index in [-0.39, 0.29) is 18.1 Å². The van der Waals surface area contributed by atoms with Crippen molar-refractivity contribution in [3.63, 3.8) is 0 Å². The zero-order chi connectivity index (χ0) is 29.5. The average Bonchev–Trinajstić information content (AvgIpc) is 3.21. The summed E-state index contributed by atoms with van der Waals surface area (Å²) in [5.41, 5.74) is 1.19. The van der Waals surface area contributed by atoms with E-state index in [0.717, 1.165) is 26.1 Å². The Bertz CT molecular complexity index is 1000. The van der Waals surface area contributed by atoms with Crippen molar-refractivity contribution in [1.82, 2.24) is 18.5 Å². The average molecular weight is 583 g/mol. The molecule has 2 aliphatic heterocycles. The Hall–Kier alpha value is -2.54. The predicted molar refractivity (Wildman–Crippen MR) is 119 cm³/mol. The van der Waals surface area contributed by atoms with Gasteiger partial charge in [-0.1, -0.05) is 0 Å². The summed E-state index contributed by atoms with van der Waals surface area (Å²) in [6.45, 7) is 2.91. The highest BCUT2D eigenvalue weighted by atomic mass is 32.2. The van der Waals surface area contributed by atoms with Gasteiger partial charge in [-0.2, -0.15) is 43.4 Å². The van der Waals surface area contributed by atoms with Crippen LogP contribution in [0.5, 0.6) is 0 Å². The third-order valence-electron chi connectivity index (χ3n) is 5.59. The van der Waals surface area contributed by atoms with E-state index in [1.54, 1.807) is 37.9 Å². The normalized spacial score (nSPS) is 22.5. The Balaban J connectivity index is 0.000000426. The van der Waals surface area contributed by atoms with Crippen LogP contribution >= 0.6 is 0 Å². The molecule has 0 aromatic carbocycles. The third kappa shape index (κ3) is 9.64. The van der Waals surface area contributed by atoms with Crippen LogP contribution in [0.15, 0.2) is 24.5 Å². The second-order valence-corrected chi connectivity index (χ2v) is 10.4. The zero-order valence-electron chi connectivity index (χ0n) is 20.5. The van der Waals surface area contributed by atoms with Crippen molar-refractivity contribution in [3.05, 3.63) is 30.1 Å². The number of hydrogen-bond acceptors (Lipinski definition) is 7. The van der Waals surface area contributed by atoms with E-state index in [0.29, 0.717) is 6.54 Å². The molecule has 0 unspecified atom stereocenters. The molecule has 1 aromatic rings. The fourth-order valence-electron chi connectivity index (χ4n) is 3.86. The van der Waals surface area contributed by atoms with Crippen molar-refractivity contribution in [2.75, 3.05) is 40.8 Å². The van der Waals surface area contributed by atoms with Gasteiger partial charge < -0.3 is 14.9 Å². The van der Waals surface area contributed by atoms with E-state index < -0.39 is 34.5 Å². The molecule has 0 radical (unpaired) electrons. The van der Waals surface area contributed by atoms with Crippen LogP contribution in [0.2, 0.25) is 0 Å². The molecule has 2 saturated heterocycles. The van der Waals surface area contributed by atoms with Crippen molar-refractivity contribution in [2.24, 2.45) is 5.92 Å². The van der Waals surface area contributed by atoms with Crippen LogP contribution in [0, 0.1) is 5.92 Å². The van der Waals surface area contributed by atoms with Crippen molar-refractivity contribution >= 4 is 22.1 Å². The van der Waals surface area contributed by atoms with Gasteiger partial charge in [0.1, 0.15) is 0 Å². The Labute approximate surface area is 214 Å². The number of carboxylic acid groups (broad SMARTS) is 2. The number of aliphatic carboxylic acids is 2. The van der Waals surface area contributed by atoms with Gasteiger partial charge in [-0.25, -0.2) is 9.59 Å². The monoisotopic (exact) mass is 582 g/mol. The van der Waals surface area contributed by atoms with Crippen molar-refractivity contribution in [3.8, 4) is 0 Å². The number of carboxylic acids is 2. The summed E-state index contributed by atoms with van der Waals surface area (Å²) in [5.74, 6) is -5.31. The maximum absolute atomic E-state index is 12.7. The smallest absolute Gasteiger partial charge is 0.475 e. The Morgan fingerprint density at radius 3 is 1.92 bits per heavy atom. The van der Waals surface area contributed by atoms with E-state index in [1.165, 1.54) is 9.87 Å². The Kier molecular flexibility index (Phi) is 11.9. The van der Waals surface area contributed by atoms with Gasteiger partial charge in [-0.3, -0.25) is 9.88 Å². The quantitative estimate of drug-likeness (QED) is 0.496. The lowest BCUT2D eigenvalue weighted by atomic mass is 9.91. The first-order valence-electron chi connectivity index (χ1n) is 10.8. The van der Waals surface area contributed by atoms with Gasteiger partial charge in [-0.05, 0) is 24.1 Å². The van der Waals surface area contributed by atoms with E-state index in [2.05, 4.69) is 9.88 Å². The highest BCUT2D eigenvalue weighted by Crippen LogP contribution is 2.35. The molecular formula is C20H28F6N4O7S. The topological polar surface area (TPSA) is 141 Å². The minimum atomic E-state index is -5.08. The fraction of sp³-hybridized carbons (Fsp3) is 0.650. The van der Waals surface area contributed by atoms with Gasteiger partial charge in [0, 0.05) is 71.7 Å². The van der Waals surface area contributed by atoms with E-state index in [4.69, 9.17) is 24.5 Å². The number of ether oxygens (including phenoxy) is 1. The molecule has 0 saturated carbocycles. The van der Waals surface area contributed by atoms with E-state index in [1.807, 2.05) is 12.1 Å². The first-order chi connectivity index (χ1) is 17.3. The highest BCUT2D eigenvalue weighted by molar-refractivity contribution is 7.86. The van der Waals surface area contributed by atoms with Gasteiger partial charge in [0.15, 0.2) is 0 Å². The van der Waals surface area contributed by atoms with Gasteiger partial charge in [-0.15, -0.1) is 0 Å². The lowest BCUT2D eigenvalue weighted by Gasteiger charge is -2.40. The molecule has 11 nitrogen and oxygen atoms in total. The van der Waals surface area contributed by atoms with Crippen LogP contribution in [-0.4, -0.2) is 114 Å². The van der Waals surface area contributed by atoms with Gasteiger partial charge >= 0.3 is 24.3 Å². The number of fused-ring (bicyclic) bond motifs is 1. The summed E-state index contributed by atoms with van der Waals surface area (Å²) in [5, 5.41) is 14.2. The number of pyridine rings is 1. The van der Waals surface area contributed by atoms with E-state index in [9.17, 15) is 34.8 Å². The molecule has 3 atom stereocenters. The standard InChI is InChI=1S/C16H26N4O3S.2C2HF3O2/c1-18(2)24(21,22)20-9-6-16(23-3)14-11-19(12-15(14)20)10-13-4-7-17-8-5-13;2*3-2(4,5)1(6)7/h4-5,7-8,14-16H,6,9-12H2,1-3H3;2*(H,6,7)/t14-,15+,16+;;/m0../s1. The maximum Gasteiger partial charge on any atom is 0.490 e. The summed E-state index contributed by atoms with van der Waals surface area (Å²) in [6, 6.07) is 3.98. The second kappa shape index (κ2) is 13.5. The molecule has 0 amide bonds. The molecule has 218 valence electrons. The van der Waals surface area contributed by atoms with Crippen molar-refractivity contribution < 1.29 is 59.3 Å². The number of carbonyl (C=O) groups is 2. The zero-order valence-corrected chi connectivity index (χ0v) is 21.3. The molecule has 0 aliphatic carbocycles. The van der Waals surface area contributed by atoms with Crippen molar-refractivity contribution in [2.45, 2.75) is 37.5 Å². The number of piperidine rings is 1. The molecule has 0 bridgehead atoms. The molecular weight excluding hydrogens is 554 g/mol. The molecule has 3 rings (SSSR count). The second-order valence-electron chi connectivity index (χ2n) is 8.35. The number of nitrogens with zero attached hydrogens (tertiary/aromatic N) is 4. The number of likely N-dealkylation sites (tertiary alicyclic amines) is 1. The minimum absolute atomic E-state index is 0.0297. The molecule has 2 fully saturated rings. The predicted octanol–water partition coefficient (Wildman–Crippen LogP) is 1.68. The Morgan fingerprint density at radius 1 is 1.05 bits per heavy atom. The van der Waals surface area contributed by atoms with Crippen LogP contribution in [0.3, 0.4) is 0 Å². The third-order valence-corrected chi connectivity index (χ3v) is 7.56. The Morgan fingerprint density at radius 2 is 1.53 bits per heavy atom. The summed E-state index contributed by atoms with van der Waals surface area (Å²) in [4.78, 5) is 24.2. The number of alkyl halides is 6. The molecule has 2 aliphatic rings. The maximum atomic E-state index is 12.7. The number of aromatic nitrogens is 1. The van der Waals surface area contributed by atoms with Gasteiger partial charge in [0.2, 0.25) is 0 Å². The summed E-state index contributed by atoms with van der Waals surface area (Å²) >= 11 is 0. The SMILES string of the molecule is CO[C@@H]1CCN(S(=O)(=O)N(C)C)[C@@H]2CN(Cc3ccncc3)C[C@@H]21.O=C(O)C(F)(F)F.O=C(O)C(F)(F)F. The number of hydrogen-bond donors (Lipinski definition) is 2. The molecule has 0 spiro atoms. The fourth-order valence-corrected chi connectivity index (χ4v) is 5.18. The summed E-state index contributed by atoms with van der Waals surface area (Å²) in [6.07, 6.45) is -5.72. The molecule has 3 heterocycles.